The molecule has 0 aromatic rings. The minimum absolute atomic E-state index is 0.0981. The third kappa shape index (κ3) is 3.70. The van der Waals surface area contributed by atoms with E-state index in [0.717, 1.165) is 12.8 Å². The lowest BCUT2D eigenvalue weighted by molar-refractivity contribution is -0.153. The Balaban J connectivity index is 2.49. The predicted octanol–water partition coefficient (Wildman–Crippen LogP) is 1.52. The Kier molecular flexibility index (Phi) is 5.59. The first-order chi connectivity index (χ1) is 8.52. The van der Waals surface area contributed by atoms with E-state index in [-0.39, 0.29) is 12.3 Å². The zero-order chi connectivity index (χ0) is 13.6. The van der Waals surface area contributed by atoms with Crippen LogP contribution in [0, 0.1) is 5.41 Å². The van der Waals surface area contributed by atoms with Crippen molar-refractivity contribution in [3.63, 3.8) is 0 Å². The Morgan fingerprint density at radius 3 is 2.44 bits per heavy atom. The molecule has 1 fully saturated rings. The molecule has 1 aliphatic carbocycles. The van der Waals surface area contributed by atoms with Crippen molar-refractivity contribution < 1.29 is 19.4 Å². The number of carboxylic acids is 1. The van der Waals surface area contributed by atoms with Gasteiger partial charge in [0.15, 0.2) is 0 Å². The van der Waals surface area contributed by atoms with Gasteiger partial charge >= 0.3 is 5.97 Å². The van der Waals surface area contributed by atoms with E-state index in [1.165, 1.54) is 0 Å². The number of nitrogens with zero attached hydrogens (tertiary/aromatic N) is 1. The molecular formula is C13H23NO4. The lowest BCUT2D eigenvalue weighted by Crippen LogP contribution is -2.38. The molecule has 0 saturated heterocycles. The first kappa shape index (κ1) is 15.0. The fraction of sp³-hybridized carbons (Fsp3) is 0.846. The van der Waals surface area contributed by atoms with E-state index in [1.54, 1.807) is 11.9 Å². The molecule has 1 amide bonds. The fourth-order valence-electron chi connectivity index (χ4n) is 2.41. The van der Waals surface area contributed by atoms with E-state index in [9.17, 15) is 14.7 Å². The van der Waals surface area contributed by atoms with Crippen LogP contribution in [0.25, 0.3) is 0 Å². The molecule has 1 rings (SSSR count). The van der Waals surface area contributed by atoms with Gasteiger partial charge in [0.05, 0.1) is 12.0 Å². The SMILES string of the molecule is CCOCCN(C)C(=O)CC1(C(=O)O)CCCC1. The van der Waals surface area contributed by atoms with E-state index in [0.29, 0.717) is 32.6 Å². The van der Waals surface area contributed by atoms with Crippen LogP contribution in [0.2, 0.25) is 0 Å². The average Bonchev–Trinajstić information content (AvgIpc) is 2.79. The third-order valence-corrected chi connectivity index (χ3v) is 3.70. The van der Waals surface area contributed by atoms with Crippen LogP contribution in [-0.2, 0) is 14.3 Å². The van der Waals surface area contributed by atoms with Crippen LogP contribution in [0.1, 0.15) is 39.0 Å². The Morgan fingerprint density at radius 1 is 1.33 bits per heavy atom. The third-order valence-electron chi connectivity index (χ3n) is 3.70. The second-order valence-electron chi connectivity index (χ2n) is 4.98. The molecule has 0 aromatic carbocycles. The maximum atomic E-state index is 12.0. The topological polar surface area (TPSA) is 66.8 Å². The van der Waals surface area contributed by atoms with Gasteiger partial charge in [-0.2, -0.15) is 0 Å². The van der Waals surface area contributed by atoms with E-state index >= 15 is 0 Å². The molecule has 0 bridgehead atoms. The van der Waals surface area contributed by atoms with Gasteiger partial charge in [-0.1, -0.05) is 12.8 Å². The molecule has 0 unspecified atom stereocenters. The van der Waals surface area contributed by atoms with Gasteiger partial charge in [0.25, 0.3) is 0 Å². The summed E-state index contributed by atoms with van der Waals surface area (Å²) in [5.74, 6) is -0.925. The van der Waals surface area contributed by atoms with Crippen LogP contribution in [0.3, 0.4) is 0 Å². The number of rotatable bonds is 7. The maximum absolute atomic E-state index is 12.0. The van der Waals surface area contributed by atoms with Crippen molar-refractivity contribution in [2.45, 2.75) is 39.0 Å². The summed E-state index contributed by atoms with van der Waals surface area (Å²) in [7, 11) is 1.70. The Hall–Kier alpha value is -1.10. The second-order valence-corrected chi connectivity index (χ2v) is 4.98. The van der Waals surface area contributed by atoms with Crippen molar-refractivity contribution in [1.82, 2.24) is 4.90 Å². The summed E-state index contributed by atoms with van der Waals surface area (Å²) >= 11 is 0. The number of aliphatic carboxylic acids is 1. The van der Waals surface area contributed by atoms with Crippen LogP contribution in [0.4, 0.5) is 0 Å². The molecule has 0 atom stereocenters. The Morgan fingerprint density at radius 2 is 1.94 bits per heavy atom. The molecule has 0 heterocycles. The van der Waals surface area contributed by atoms with E-state index in [4.69, 9.17) is 4.74 Å². The van der Waals surface area contributed by atoms with Gasteiger partial charge in [-0.25, -0.2) is 0 Å². The summed E-state index contributed by atoms with van der Waals surface area (Å²) < 4.78 is 5.19. The Labute approximate surface area is 108 Å². The van der Waals surface area contributed by atoms with Crippen molar-refractivity contribution in [2.75, 3.05) is 26.8 Å². The van der Waals surface area contributed by atoms with E-state index in [1.807, 2.05) is 6.92 Å². The van der Waals surface area contributed by atoms with Crippen molar-refractivity contribution in [1.29, 1.82) is 0 Å². The average molecular weight is 257 g/mol. The number of ether oxygens (including phenoxy) is 1. The monoisotopic (exact) mass is 257 g/mol. The summed E-state index contributed by atoms with van der Waals surface area (Å²) in [5.41, 5.74) is -0.822. The van der Waals surface area contributed by atoms with Crippen molar-refractivity contribution in [3.8, 4) is 0 Å². The number of amides is 1. The minimum Gasteiger partial charge on any atom is -0.481 e. The molecule has 1 aliphatic rings. The summed E-state index contributed by atoms with van der Waals surface area (Å²) in [6, 6.07) is 0. The van der Waals surface area contributed by atoms with Gasteiger partial charge in [0, 0.05) is 26.6 Å². The number of carbonyl (C=O) groups excluding carboxylic acids is 1. The van der Waals surface area contributed by atoms with Gasteiger partial charge in [-0.3, -0.25) is 9.59 Å². The first-order valence-corrected chi connectivity index (χ1v) is 6.57. The number of likely N-dealkylation sites (N-methyl/N-ethyl adjacent to an activating group) is 1. The number of hydrogen-bond donors (Lipinski definition) is 1. The highest BCUT2D eigenvalue weighted by Gasteiger charge is 2.43. The maximum Gasteiger partial charge on any atom is 0.310 e. The van der Waals surface area contributed by atoms with Gasteiger partial charge < -0.3 is 14.7 Å². The standard InChI is InChI=1S/C13H23NO4/c1-3-18-9-8-14(2)11(15)10-13(12(16)17)6-4-5-7-13/h3-10H2,1-2H3,(H,16,17). The molecule has 0 aliphatic heterocycles. The molecule has 1 saturated carbocycles. The zero-order valence-electron chi connectivity index (χ0n) is 11.3. The van der Waals surface area contributed by atoms with Gasteiger partial charge in [-0.15, -0.1) is 0 Å². The van der Waals surface area contributed by atoms with E-state index < -0.39 is 11.4 Å². The van der Waals surface area contributed by atoms with Gasteiger partial charge in [0.2, 0.25) is 5.91 Å². The van der Waals surface area contributed by atoms with Crippen LogP contribution in [0.15, 0.2) is 0 Å². The first-order valence-electron chi connectivity index (χ1n) is 6.57. The van der Waals surface area contributed by atoms with Crippen LogP contribution in [-0.4, -0.2) is 48.7 Å². The summed E-state index contributed by atoms with van der Waals surface area (Å²) in [6.45, 7) is 3.54. The molecule has 18 heavy (non-hydrogen) atoms. The molecule has 0 aromatic heterocycles. The lowest BCUT2D eigenvalue weighted by Gasteiger charge is -2.26. The highest BCUT2D eigenvalue weighted by Crippen LogP contribution is 2.41. The summed E-state index contributed by atoms with van der Waals surface area (Å²) in [6.07, 6.45) is 3.16. The van der Waals surface area contributed by atoms with Crippen molar-refractivity contribution in [3.05, 3.63) is 0 Å². The molecule has 5 heteroatoms. The van der Waals surface area contributed by atoms with Crippen molar-refractivity contribution in [2.24, 2.45) is 5.41 Å². The highest BCUT2D eigenvalue weighted by molar-refractivity contribution is 5.85. The highest BCUT2D eigenvalue weighted by atomic mass is 16.5. The molecule has 0 radical (unpaired) electrons. The Bertz CT molecular complexity index is 297. The lowest BCUT2D eigenvalue weighted by atomic mass is 9.82. The number of hydrogen-bond acceptors (Lipinski definition) is 3. The normalized spacial score (nSPS) is 17.7. The van der Waals surface area contributed by atoms with Crippen LogP contribution >= 0.6 is 0 Å². The van der Waals surface area contributed by atoms with Crippen LogP contribution in [0.5, 0.6) is 0 Å². The molecular weight excluding hydrogens is 234 g/mol. The smallest absolute Gasteiger partial charge is 0.310 e. The van der Waals surface area contributed by atoms with Crippen molar-refractivity contribution >= 4 is 11.9 Å². The number of carbonyl (C=O) groups is 2. The fourth-order valence-corrected chi connectivity index (χ4v) is 2.41. The van der Waals surface area contributed by atoms with Crippen LogP contribution < -0.4 is 0 Å². The quantitative estimate of drug-likeness (QED) is 0.702. The van der Waals surface area contributed by atoms with Gasteiger partial charge in [0.1, 0.15) is 0 Å². The summed E-state index contributed by atoms with van der Waals surface area (Å²) in [4.78, 5) is 24.9. The zero-order valence-corrected chi connectivity index (χ0v) is 11.3. The minimum atomic E-state index is -0.827. The number of carboxylic acid groups (broad SMARTS) is 1. The molecule has 0 spiro atoms. The van der Waals surface area contributed by atoms with E-state index in [2.05, 4.69) is 0 Å². The largest absolute Gasteiger partial charge is 0.481 e. The second kappa shape index (κ2) is 6.73. The summed E-state index contributed by atoms with van der Waals surface area (Å²) in [5, 5.41) is 9.31. The molecule has 104 valence electrons. The molecule has 1 N–H and O–H groups in total. The van der Waals surface area contributed by atoms with Gasteiger partial charge in [-0.05, 0) is 19.8 Å². The molecule has 5 nitrogen and oxygen atoms in total. The predicted molar refractivity (Wildman–Crippen MR) is 67.3 cm³/mol.